The van der Waals surface area contributed by atoms with Crippen LogP contribution in [0.3, 0.4) is 0 Å². The Labute approximate surface area is 197 Å². The summed E-state index contributed by atoms with van der Waals surface area (Å²) in [6, 6.07) is 16.0. The second-order valence-corrected chi connectivity index (χ2v) is 9.57. The first-order valence-electron chi connectivity index (χ1n) is 11.4. The molecule has 0 spiro atoms. The summed E-state index contributed by atoms with van der Waals surface area (Å²) in [4.78, 5) is 20.9. The Kier molecular flexibility index (Phi) is 6.53. The molecule has 1 aliphatic rings. The molecule has 1 aliphatic heterocycles. The molecule has 4 aromatic rings. The highest BCUT2D eigenvalue weighted by Crippen LogP contribution is 2.35. The molecule has 33 heavy (non-hydrogen) atoms. The SMILES string of the molecule is Cn1cc(-c2cccc(OCc3ccccn3)c2)c2sc(CN3CCCNCC3)cc2c1=O. The Bertz CT molecular complexity index is 1290. The summed E-state index contributed by atoms with van der Waals surface area (Å²) in [6.07, 6.45) is 4.87. The van der Waals surface area contributed by atoms with Crippen LogP contribution in [0.1, 0.15) is 17.0 Å². The van der Waals surface area contributed by atoms with Gasteiger partial charge in [-0.15, -0.1) is 11.3 Å². The standard InChI is InChI=1S/C26H28N4O2S/c1-29-17-24(19-6-4-8-21(14-19)32-18-20-7-2-3-10-28-20)25-23(26(29)31)15-22(33-25)16-30-12-5-9-27-11-13-30/h2-4,6-8,10,14-15,17,27H,5,9,11-13,16,18H2,1H3. The summed E-state index contributed by atoms with van der Waals surface area (Å²) in [5.74, 6) is 0.786. The van der Waals surface area contributed by atoms with Crippen molar-refractivity contribution < 1.29 is 4.74 Å². The lowest BCUT2D eigenvalue weighted by Gasteiger charge is -2.17. The van der Waals surface area contributed by atoms with Gasteiger partial charge in [0.1, 0.15) is 12.4 Å². The number of aromatic nitrogens is 2. The van der Waals surface area contributed by atoms with Crippen LogP contribution in [-0.2, 0) is 20.2 Å². The number of hydrogen-bond donors (Lipinski definition) is 1. The maximum absolute atomic E-state index is 12.9. The number of fused-ring (bicyclic) bond motifs is 1. The summed E-state index contributed by atoms with van der Waals surface area (Å²) in [6.45, 7) is 5.52. The molecule has 0 amide bonds. The van der Waals surface area contributed by atoms with Crippen LogP contribution in [0.5, 0.6) is 5.75 Å². The molecule has 0 unspecified atom stereocenters. The fourth-order valence-corrected chi connectivity index (χ4v) is 5.48. The predicted molar refractivity (Wildman–Crippen MR) is 134 cm³/mol. The summed E-state index contributed by atoms with van der Waals surface area (Å²) >= 11 is 1.73. The van der Waals surface area contributed by atoms with Crippen molar-refractivity contribution in [2.75, 3.05) is 26.2 Å². The van der Waals surface area contributed by atoms with Gasteiger partial charge in [0, 0.05) is 54.2 Å². The normalized spacial score (nSPS) is 14.9. The van der Waals surface area contributed by atoms with Gasteiger partial charge in [-0.05, 0) is 55.4 Å². The maximum atomic E-state index is 12.9. The van der Waals surface area contributed by atoms with Crippen LogP contribution < -0.4 is 15.6 Å². The maximum Gasteiger partial charge on any atom is 0.259 e. The second kappa shape index (κ2) is 9.87. The van der Waals surface area contributed by atoms with Crippen molar-refractivity contribution in [1.29, 1.82) is 0 Å². The zero-order valence-corrected chi connectivity index (χ0v) is 19.6. The first-order valence-corrected chi connectivity index (χ1v) is 12.2. The quantitative estimate of drug-likeness (QED) is 0.471. The third kappa shape index (κ3) is 5.00. The van der Waals surface area contributed by atoms with Gasteiger partial charge in [0.05, 0.1) is 11.1 Å². The Balaban J connectivity index is 1.45. The summed E-state index contributed by atoms with van der Waals surface area (Å²) in [5, 5.41) is 4.25. The molecule has 170 valence electrons. The van der Waals surface area contributed by atoms with Gasteiger partial charge in [0.15, 0.2) is 0 Å². The summed E-state index contributed by atoms with van der Waals surface area (Å²) in [5.41, 5.74) is 3.04. The van der Waals surface area contributed by atoms with Gasteiger partial charge in [0.25, 0.3) is 5.56 Å². The predicted octanol–water partition coefficient (Wildman–Crippen LogP) is 4.04. The van der Waals surface area contributed by atoms with Crippen molar-refractivity contribution in [3.63, 3.8) is 0 Å². The Morgan fingerprint density at radius 3 is 2.94 bits per heavy atom. The fourth-order valence-electron chi connectivity index (χ4n) is 4.26. The summed E-state index contributed by atoms with van der Waals surface area (Å²) in [7, 11) is 1.82. The van der Waals surface area contributed by atoms with E-state index in [1.165, 1.54) is 4.88 Å². The third-order valence-electron chi connectivity index (χ3n) is 5.97. The molecule has 7 heteroatoms. The van der Waals surface area contributed by atoms with E-state index in [9.17, 15) is 4.79 Å². The highest BCUT2D eigenvalue weighted by molar-refractivity contribution is 7.19. The van der Waals surface area contributed by atoms with E-state index in [0.29, 0.717) is 6.61 Å². The van der Waals surface area contributed by atoms with E-state index in [4.69, 9.17) is 4.74 Å². The first kappa shape index (κ1) is 21.8. The van der Waals surface area contributed by atoms with Gasteiger partial charge in [-0.3, -0.25) is 14.7 Å². The largest absolute Gasteiger partial charge is 0.487 e. The van der Waals surface area contributed by atoms with E-state index in [1.807, 2.05) is 49.6 Å². The van der Waals surface area contributed by atoms with Gasteiger partial charge in [-0.25, -0.2) is 0 Å². The number of aryl methyl sites for hydroxylation is 1. The van der Waals surface area contributed by atoms with Crippen molar-refractivity contribution in [1.82, 2.24) is 19.8 Å². The van der Waals surface area contributed by atoms with E-state index in [-0.39, 0.29) is 5.56 Å². The molecule has 6 nitrogen and oxygen atoms in total. The average molecular weight is 461 g/mol. The van der Waals surface area contributed by atoms with Gasteiger partial charge < -0.3 is 14.6 Å². The van der Waals surface area contributed by atoms with Crippen molar-refractivity contribution in [2.45, 2.75) is 19.6 Å². The second-order valence-electron chi connectivity index (χ2n) is 8.43. The van der Waals surface area contributed by atoms with E-state index in [1.54, 1.807) is 22.1 Å². The number of nitrogens with one attached hydrogen (secondary N) is 1. The highest BCUT2D eigenvalue weighted by atomic mass is 32.1. The van der Waals surface area contributed by atoms with E-state index < -0.39 is 0 Å². The van der Waals surface area contributed by atoms with Crippen LogP contribution in [0.25, 0.3) is 21.2 Å². The van der Waals surface area contributed by atoms with Crippen LogP contribution in [-0.4, -0.2) is 40.6 Å². The van der Waals surface area contributed by atoms with Crippen LogP contribution >= 0.6 is 11.3 Å². The minimum atomic E-state index is 0.0522. The number of benzene rings is 1. The number of pyridine rings is 2. The molecule has 4 heterocycles. The molecule has 0 aliphatic carbocycles. The Morgan fingerprint density at radius 1 is 1.12 bits per heavy atom. The van der Waals surface area contributed by atoms with E-state index in [0.717, 1.165) is 71.8 Å². The van der Waals surface area contributed by atoms with Crippen molar-refractivity contribution in [3.8, 4) is 16.9 Å². The number of hydrogen-bond acceptors (Lipinski definition) is 6. The number of nitrogens with zero attached hydrogens (tertiary/aromatic N) is 3. The monoisotopic (exact) mass is 460 g/mol. The molecule has 1 aromatic carbocycles. The number of rotatable bonds is 6. The van der Waals surface area contributed by atoms with Crippen molar-refractivity contribution in [2.24, 2.45) is 7.05 Å². The zero-order chi connectivity index (χ0) is 22.6. The Morgan fingerprint density at radius 2 is 2.06 bits per heavy atom. The smallest absolute Gasteiger partial charge is 0.259 e. The molecule has 0 bridgehead atoms. The minimum absolute atomic E-state index is 0.0522. The molecule has 0 saturated carbocycles. The van der Waals surface area contributed by atoms with Crippen molar-refractivity contribution >= 4 is 21.4 Å². The minimum Gasteiger partial charge on any atom is -0.487 e. The molecule has 0 atom stereocenters. The van der Waals surface area contributed by atoms with Crippen molar-refractivity contribution in [3.05, 3.63) is 81.8 Å². The molecule has 1 fully saturated rings. The molecule has 1 N–H and O–H groups in total. The molecular formula is C26H28N4O2S. The first-order chi connectivity index (χ1) is 16.2. The third-order valence-corrected chi connectivity index (χ3v) is 7.12. The molecular weight excluding hydrogens is 432 g/mol. The highest BCUT2D eigenvalue weighted by Gasteiger charge is 2.16. The fraction of sp³-hybridized carbons (Fsp3) is 0.308. The van der Waals surface area contributed by atoms with Crippen LogP contribution in [0.4, 0.5) is 0 Å². The molecule has 1 saturated heterocycles. The Hall–Kier alpha value is -3.00. The van der Waals surface area contributed by atoms with Gasteiger partial charge in [0.2, 0.25) is 0 Å². The van der Waals surface area contributed by atoms with Gasteiger partial charge >= 0.3 is 0 Å². The van der Waals surface area contributed by atoms with Crippen LogP contribution in [0, 0.1) is 0 Å². The lowest BCUT2D eigenvalue weighted by molar-refractivity contribution is 0.287. The molecule has 5 rings (SSSR count). The molecule has 3 aromatic heterocycles. The summed E-state index contributed by atoms with van der Waals surface area (Å²) < 4.78 is 8.73. The van der Waals surface area contributed by atoms with Gasteiger partial charge in [-0.1, -0.05) is 18.2 Å². The number of thiophene rings is 1. The van der Waals surface area contributed by atoms with E-state index in [2.05, 4.69) is 27.3 Å². The lowest BCUT2D eigenvalue weighted by Crippen LogP contribution is -2.27. The van der Waals surface area contributed by atoms with Crippen LogP contribution in [0.2, 0.25) is 0 Å². The topological polar surface area (TPSA) is 59.4 Å². The van der Waals surface area contributed by atoms with Crippen LogP contribution in [0.15, 0.2) is 65.7 Å². The number of ether oxygens (including phenoxy) is 1. The molecule has 0 radical (unpaired) electrons. The average Bonchev–Trinajstić information content (AvgIpc) is 3.09. The van der Waals surface area contributed by atoms with Gasteiger partial charge in [-0.2, -0.15) is 0 Å². The van der Waals surface area contributed by atoms with E-state index >= 15 is 0 Å². The lowest BCUT2D eigenvalue weighted by atomic mass is 10.1. The zero-order valence-electron chi connectivity index (χ0n) is 18.8.